The molecule has 0 saturated heterocycles. The summed E-state index contributed by atoms with van der Waals surface area (Å²) in [7, 11) is 0. The number of hydrogen-bond donors (Lipinski definition) is 2. The highest BCUT2D eigenvalue weighted by Crippen LogP contribution is 2.38. The second kappa shape index (κ2) is 10.5. The molecule has 1 aliphatic rings. The van der Waals surface area contributed by atoms with Crippen molar-refractivity contribution in [2.45, 2.75) is 31.2 Å². The van der Waals surface area contributed by atoms with Gasteiger partial charge in [0.05, 0.1) is 34.6 Å². The van der Waals surface area contributed by atoms with Crippen LogP contribution in [0.25, 0.3) is 44.2 Å². The van der Waals surface area contributed by atoms with E-state index in [1.165, 1.54) is 0 Å². The van der Waals surface area contributed by atoms with Crippen molar-refractivity contribution in [3.05, 3.63) is 90.8 Å². The maximum Gasteiger partial charge on any atom is 0.204 e. The van der Waals surface area contributed by atoms with Crippen LogP contribution in [-0.2, 0) is 9.59 Å². The van der Waals surface area contributed by atoms with Gasteiger partial charge in [0, 0.05) is 40.5 Å². The molecule has 0 fully saturated rings. The Morgan fingerprint density at radius 2 is 1.61 bits per heavy atom. The third-order valence-electron chi connectivity index (χ3n) is 7.84. The molecule has 3 aromatic carbocycles. The summed E-state index contributed by atoms with van der Waals surface area (Å²) in [5.41, 5.74) is 6.32. The molecular formula is C33H27N5O3. The Balaban J connectivity index is 1.01. The Morgan fingerprint density at radius 3 is 2.41 bits per heavy atom. The van der Waals surface area contributed by atoms with Crippen LogP contribution >= 0.6 is 0 Å². The molecule has 41 heavy (non-hydrogen) atoms. The second-order valence-electron chi connectivity index (χ2n) is 10.3. The highest BCUT2D eigenvalue weighted by molar-refractivity contribution is 6.28. The third-order valence-corrected chi connectivity index (χ3v) is 7.84. The van der Waals surface area contributed by atoms with Crippen molar-refractivity contribution in [1.82, 2.24) is 19.9 Å². The Labute approximate surface area is 235 Å². The predicted molar refractivity (Wildman–Crippen MR) is 159 cm³/mol. The first kappa shape index (κ1) is 24.9. The van der Waals surface area contributed by atoms with Gasteiger partial charge in [0.1, 0.15) is 11.6 Å². The Hall–Kier alpha value is -5.11. The number of rotatable bonds is 9. The Kier molecular flexibility index (Phi) is 6.35. The molecular weight excluding hydrogens is 514 g/mol. The molecule has 2 unspecified atom stereocenters. The summed E-state index contributed by atoms with van der Waals surface area (Å²) in [5, 5.41) is 5.38. The molecule has 7 rings (SSSR count). The summed E-state index contributed by atoms with van der Waals surface area (Å²) in [6.45, 7) is 0.563. The van der Waals surface area contributed by atoms with Gasteiger partial charge in [-0.15, -0.1) is 0 Å². The third kappa shape index (κ3) is 4.47. The highest BCUT2D eigenvalue weighted by Gasteiger charge is 2.36. The molecule has 6 aromatic rings. The normalized spacial score (nSPS) is 16.1. The van der Waals surface area contributed by atoms with Crippen LogP contribution in [0.2, 0.25) is 0 Å². The number of anilines is 1. The van der Waals surface area contributed by atoms with E-state index in [0.717, 1.165) is 80.5 Å². The van der Waals surface area contributed by atoms with Crippen molar-refractivity contribution in [2.75, 3.05) is 11.9 Å². The number of pyridine rings is 2. The number of imidazole rings is 1. The van der Waals surface area contributed by atoms with E-state index in [4.69, 9.17) is 9.72 Å². The lowest BCUT2D eigenvalue weighted by molar-refractivity contribution is -0.131. The molecule has 0 saturated carbocycles. The first-order chi connectivity index (χ1) is 20.2. The quantitative estimate of drug-likeness (QED) is 0.0967. The van der Waals surface area contributed by atoms with Gasteiger partial charge in [-0.05, 0) is 79.4 Å². The van der Waals surface area contributed by atoms with Gasteiger partial charge in [-0.2, -0.15) is 0 Å². The van der Waals surface area contributed by atoms with Crippen LogP contribution in [0.5, 0.6) is 5.75 Å². The molecule has 4 heterocycles. The molecule has 8 heteroatoms. The first-order valence-corrected chi connectivity index (χ1v) is 13.8. The van der Waals surface area contributed by atoms with E-state index in [9.17, 15) is 9.59 Å². The van der Waals surface area contributed by atoms with E-state index < -0.39 is 5.92 Å². The van der Waals surface area contributed by atoms with Gasteiger partial charge in [-0.1, -0.05) is 18.2 Å². The van der Waals surface area contributed by atoms with Crippen LogP contribution in [0.1, 0.15) is 30.7 Å². The number of fused-ring (bicyclic) bond motifs is 7. The van der Waals surface area contributed by atoms with Crippen LogP contribution in [0, 0.1) is 0 Å². The summed E-state index contributed by atoms with van der Waals surface area (Å²) in [6, 6.07) is 23.5. The number of ketones is 1. The maximum absolute atomic E-state index is 12.3. The molecule has 1 aliphatic heterocycles. The average molecular weight is 542 g/mol. The summed E-state index contributed by atoms with van der Waals surface area (Å²) in [6.07, 6.45) is 6.50. The molecule has 2 atom stereocenters. The zero-order valence-corrected chi connectivity index (χ0v) is 22.2. The largest absolute Gasteiger partial charge is 0.494 e. The van der Waals surface area contributed by atoms with Gasteiger partial charge in [0.25, 0.3) is 0 Å². The number of carbonyl (C=O) groups excluding carboxylic acids is 2. The van der Waals surface area contributed by atoms with E-state index in [-0.39, 0.29) is 11.8 Å². The fourth-order valence-electron chi connectivity index (χ4n) is 5.91. The van der Waals surface area contributed by atoms with Crippen molar-refractivity contribution in [2.24, 2.45) is 0 Å². The summed E-state index contributed by atoms with van der Waals surface area (Å²) in [4.78, 5) is 41.2. The smallest absolute Gasteiger partial charge is 0.204 e. The van der Waals surface area contributed by atoms with Crippen molar-refractivity contribution in [1.29, 1.82) is 0 Å². The van der Waals surface area contributed by atoms with Gasteiger partial charge >= 0.3 is 0 Å². The number of Topliss-reactive ketones (excluding diaryl/α,β-unsaturated/α-hetero) is 1. The Morgan fingerprint density at radius 1 is 0.854 bits per heavy atom. The molecule has 2 N–H and O–H groups in total. The van der Waals surface area contributed by atoms with E-state index in [1.54, 1.807) is 12.4 Å². The Bertz CT molecular complexity index is 1840. The van der Waals surface area contributed by atoms with E-state index in [2.05, 4.69) is 20.3 Å². The number of unbranched alkanes of at least 4 members (excludes halogenated alkanes) is 1. The van der Waals surface area contributed by atoms with Gasteiger partial charge in [-0.3, -0.25) is 19.6 Å². The van der Waals surface area contributed by atoms with Crippen LogP contribution < -0.4 is 10.1 Å². The summed E-state index contributed by atoms with van der Waals surface area (Å²) < 4.78 is 6.00. The lowest BCUT2D eigenvalue weighted by atomic mass is 9.89. The number of aromatic amines is 1. The van der Waals surface area contributed by atoms with E-state index >= 15 is 0 Å². The van der Waals surface area contributed by atoms with E-state index in [0.29, 0.717) is 12.9 Å². The number of hydrogen-bond acceptors (Lipinski definition) is 7. The van der Waals surface area contributed by atoms with Crippen molar-refractivity contribution < 1.29 is 14.3 Å². The standard InChI is InChI=1S/C33H27N5O3/c39-19-27(40)28-22-7-1-2-10-25(22)36-26(28)11-3-4-18-41-21-14-12-20(13-15-21)33-37-31-23-8-5-16-34-29(23)30-24(32(31)38-33)9-6-17-35-30/h1-2,5-10,12-17,19,26,28,36H,3-4,11,18H2,(H,37,38). The van der Waals surface area contributed by atoms with E-state index in [1.807, 2.05) is 72.8 Å². The molecule has 0 radical (unpaired) electrons. The molecule has 0 spiro atoms. The molecule has 202 valence electrons. The molecule has 3 aromatic heterocycles. The molecule has 0 amide bonds. The topological polar surface area (TPSA) is 110 Å². The lowest BCUT2D eigenvalue weighted by Crippen LogP contribution is -2.27. The molecule has 8 nitrogen and oxygen atoms in total. The number of para-hydroxylation sites is 1. The predicted octanol–water partition coefficient (Wildman–Crippen LogP) is 6.22. The number of aromatic nitrogens is 4. The van der Waals surface area contributed by atoms with Gasteiger partial charge in [-0.25, -0.2) is 4.98 Å². The number of nitrogens with zero attached hydrogens (tertiary/aromatic N) is 3. The summed E-state index contributed by atoms with van der Waals surface area (Å²) >= 11 is 0. The SMILES string of the molecule is O=CC(=O)C1c2ccccc2NC1CCCCOc1ccc(-c2nc3c4cccnc4c4ncccc4c3[nH]2)cc1. The number of H-pyrrole nitrogens is 1. The summed E-state index contributed by atoms with van der Waals surface area (Å²) in [5.74, 6) is 0.772. The van der Waals surface area contributed by atoms with Crippen molar-refractivity contribution in [3.63, 3.8) is 0 Å². The van der Waals surface area contributed by atoms with Crippen LogP contribution in [0.3, 0.4) is 0 Å². The fraction of sp³-hybridized carbons (Fsp3) is 0.182. The number of benzene rings is 3. The zero-order valence-electron chi connectivity index (χ0n) is 22.2. The zero-order chi connectivity index (χ0) is 27.8. The molecule has 0 aliphatic carbocycles. The number of aldehydes is 1. The highest BCUT2D eigenvalue weighted by atomic mass is 16.5. The van der Waals surface area contributed by atoms with Crippen LogP contribution in [-0.4, -0.2) is 44.7 Å². The number of carbonyl (C=O) groups is 2. The first-order valence-electron chi connectivity index (χ1n) is 13.8. The van der Waals surface area contributed by atoms with Crippen LogP contribution in [0.4, 0.5) is 5.69 Å². The fourth-order valence-corrected chi connectivity index (χ4v) is 5.91. The maximum atomic E-state index is 12.3. The van der Waals surface area contributed by atoms with Crippen molar-refractivity contribution in [3.8, 4) is 17.1 Å². The van der Waals surface area contributed by atoms with Crippen LogP contribution in [0.15, 0.2) is 85.2 Å². The number of ether oxygens (including phenoxy) is 1. The average Bonchev–Trinajstić information content (AvgIpc) is 3.64. The monoisotopic (exact) mass is 541 g/mol. The lowest BCUT2D eigenvalue weighted by Gasteiger charge is -2.17. The van der Waals surface area contributed by atoms with Crippen molar-refractivity contribution >= 4 is 50.6 Å². The van der Waals surface area contributed by atoms with Gasteiger partial charge < -0.3 is 15.0 Å². The molecule has 0 bridgehead atoms. The second-order valence-corrected chi connectivity index (χ2v) is 10.3. The van der Waals surface area contributed by atoms with Gasteiger partial charge in [0.15, 0.2) is 6.29 Å². The minimum Gasteiger partial charge on any atom is -0.494 e. The minimum absolute atomic E-state index is 0.0750. The minimum atomic E-state index is -0.418. The number of nitrogens with one attached hydrogen (secondary N) is 2. The van der Waals surface area contributed by atoms with Gasteiger partial charge in [0.2, 0.25) is 5.78 Å².